The molecule has 0 aliphatic rings. The standard InChI is InChI=1S/C10H13ClO3/c1-12-9-6-7(4-5-8(9)11)10(13-2)14-3/h4-6,10H,1-3H3. The van der Waals surface area contributed by atoms with Crippen molar-refractivity contribution >= 4 is 11.6 Å². The van der Waals surface area contributed by atoms with Crippen LogP contribution >= 0.6 is 11.6 Å². The number of methoxy groups -OCH3 is 3. The first-order chi connectivity index (χ1) is 6.72. The van der Waals surface area contributed by atoms with Gasteiger partial charge in [0.2, 0.25) is 0 Å². The molecule has 0 bridgehead atoms. The number of halogens is 1. The topological polar surface area (TPSA) is 27.7 Å². The summed E-state index contributed by atoms with van der Waals surface area (Å²) in [5.74, 6) is 0.614. The Bertz CT molecular complexity index is 297. The van der Waals surface area contributed by atoms with Crippen molar-refractivity contribution in [1.82, 2.24) is 0 Å². The van der Waals surface area contributed by atoms with E-state index in [1.807, 2.05) is 6.07 Å². The molecule has 0 N–H and O–H groups in total. The summed E-state index contributed by atoms with van der Waals surface area (Å²) in [5, 5.41) is 0.571. The van der Waals surface area contributed by atoms with Crippen LogP contribution in [0.15, 0.2) is 18.2 Å². The minimum atomic E-state index is -0.388. The Balaban J connectivity index is 2.98. The van der Waals surface area contributed by atoms with E-state index in [4.69, 9.17) is 25.8 Å². The van der Waals surface area contributed by atoms with E-state index in [1.165, 1.54) is 0 Å². The van der Waals surface area contributed by atoms with Crippen LogP contribution in [0.25, 0.3) is 0 Å². The molecule has 1 aromatic carbocycles. The summed E-state index contributed by atoms with van der Waals surface area (Å²) in [4.78, 5) is 0. The molecule has 0 fully saturated rings. The van der Waals surface area contributed by atoms with E-state index >= 15 is 0 Å². The Morgan fingerprint density at radius 1 is 1.14 bits per heavy atom. The third-order valence-electron chi connectivity index (χ3n) is 1.88. The highest BCUT2D eigenvalue weighted by atomic mass is 35.5. The van der Waals surface area contributed by atoms with Crippen LogP contribution in [-0.2, 0) is 9.47 Å². The first-order valence-electron chi connectivity index (χ1n) is 4.12. The van der Waals surface area contributed by atoms with Crippen LogP contribution in [0.1, 0.15) is 11.9 Å². The zero-order valence-corrected chi connectivity index (χ0v) is 9.17. The smallest absolute Gasteiger partial charge is 0.183 e. The lowest BCUT2D eigenvalue weighted by atomic mass is 10.2. The molecule has 0 aliphatic carbocycles. The first kappa shape index (κ1) is 11.3. The van der Waals surface area contributed by atoms with Gasteiger partial charge in [-0.25, -0.2) is 0 Å². The summed E-state index contributed by atoms with van der Waals surface area (Å²) in [5.41, 5.74) is 0.872. The summed E-state index contributed by atoms with van der Waals surface area (Å²) >= 11 is 5.88. The highest BCUT2D eigenvalue weighted by molar-refractivity contribution is 6.32. The van der Waals surface area contributed by atoms with E-state index in [0.29, 0.717) is 10.8 Å². The second kappa shape index (κ2) is 5.20. The van der Waals surface area contributed by atoms with Crippen LogP contribution in [-0.4, -0.2) is 21.3 Å². The molecular weight excluding hydrogens is 204 g/mol. The van der Waals surface area contributed by atoms with E-state index in [2.05, 4.69) is 0 Å². The largest absolute Gasteiger partial charge is 0.495 e. The lowest BCUT2D eigenvalue weighted by Crippen LogP contribution is -2.03. The van der Waals surface area contributed by atoms with Gasteiger partial charge in [0.15, 0.2) is 6.29 Å². The van der Waals surface area contributed by atoms with Gasteiger partial charge in [-0.2, -0.15) is 0 Å². The molecule has 0 radical (unpaired) electrons. The number of hydrogen-bond donors (Lipinski definition) is 0. The SMILES string of the molecule is COc1cc(C(OC)OC)ccc1Cl. The average Bonchev–Trinajstić information content (AvgIpc) is 2.22. The van der Waals surface area contributed by atoms with Gasteiger partial charge in [0.05, 0.1) is 12.1 Å². The molecule has 78 valence electrons. The van der Waals surface area contributed by atoms with Crippen LogP contribution in [0, 0.1) is 0 Å². The molecule has 1 rings (SSSR count). The zero-order chi connectivity index (χ0) is 10.6. The Labute approximate surface area is 88.5 Å². The maximum absolute atomic E-state index is 5.88. The van der Waals surface area contributed by atoms with Crippen LogP contribution in [0.4, 0.5) is 0 Å². The fourth-order valence-corrected chi connectivity index (χ4v) is 1.39. The van der Waals surface area contributed by atoms with Gasteiger partial charge in [0.25, 0.3) is 0 Å². The van der Waals surface area contributed by atoms with Crippen molar-refractivity contribution in [1.29, 1.82) is 0 Å². The molecule has 0 atom stereocenters. The molecule has 1 aromatic rings. The molecule has 0 aliphatic heterocycles. The van der Waals surface area contributed by atoms with E-state index in [-0.39, 0.29) is 6.29 Å². The predicted molar refractivity (Wildman–Crippen MR) is 54.8 cm³/mol. The zero-order valence-electron chi connectivity index (χ0n) is 8.41. The van der Waals surface area contributed by atoms with Gasteiger partial charge in [-0.05, 0) is 12.1 Å². The summed E-state index contributed by atoms with van der Waals surface area (Å²) in [6.07, 6.45) is -0.388. The molecule has 14 heavy (non-hydrogen) atoms. The number of benzene rings is 1. The Hall–Kier alpha value is -0.770. The minimum absolute atomic E-state index is 0.388. The summed E-state index contributed by atoms with van der Waals surface area (Å²) in [7, 11) is 4.73. The van der Waals surface area contributed by atoms with E-state index in [0.717, 1.165) is 5.56 Å². The number of ether oxygens (including phenoxy) is 3. The quantitative estimate of drug-likeness (QED) is 0.725. The summed E-state index contributed by atoms with van der Waals surface area (Å²) in [6, 6.07) is 5.38. The van der Waals surface area contributed by atoms with Crippen LogP contribution in [0.5, 0.6) is 5.75 Å². The fourth-order valence-electron chi connectivity index (χ4n) is 1.19. The van der Waals surface area contributed by atoms with E-state index in [9.17, 15) is 0 Å². The molecule has 0 saturated heterocycles. The van der Waals surface area contributed by atoms with Crippen molar-refractivity contribution < 1.29 is 14.2 Å². The van der Waals surface area contributed by atoms with Crippen molar-refractivity contribution in [3.63, 3.8) is 0 Å². The highest BCUT2D eigenvalue weighted by Crippen LogP contribution is 2.28. The van der Waals surface area contributed by atoms with Gasteiger partial charge in [-0.1, -0.05) is 17.7 Å². The molecule has 0 amide bonds. The average molecular weight is 217 g/mol. The Morgan fingerprint density at radius 2 is 1.79 bits per heavy atom. The highest BCUT2D eigenvalue weighted by Gasteiger charge is 2.11. The van der Waals surface area contributed by atoms with Gasteiger partial charge in [0, 0.05) is 19.8 Å². The molecule has 0 aromatic heterocycles. The molecule has 3 nitrogen and oxygen atoms in total. The van der Waals surface area contributed by atoms with Gasteiger partial charge < -0.3 is 14.2 Å². The number of hydrogen-bond acceptors (Lipinski definition) is 3. The van der Waals surface area contributed by atoms with Crippen molar-refractivity contribution in [2.45, 2.75) is 6.29 Å². The monoisotopic (exact) mass is 216 g/mol. The third kappa shape index (κ3) is 2.38. The van der Waals surface area contributed by atoms with Crippen molar-refractivity contribution in [3.8, 4) is 5.75 Å². The van der Waals surface area contributed by atoms with E-state index in [1.54, 1.807) is 33.5 Å². The van der Waals surface area contributed by atoms with Crippen LogP contribution in [0.3, 0.4) is 0 Å². The van der Waals surface area contributed by atoms with Gasteiger partial charge in [0.1, 0.15) is 5.75 Å². The maximum Gasteiger partial charge on any atom is 0.183 e. The van der Waals surface area contributed by atoms with E-state index < -0.39 is 0 Å². The first-order valence-corrected chi connectivity index (χ1v) is 4.49. The molecule has 0 heterocycles. The van der Waals surface area contributed by atoms with Gasteiger partial charge >= 0.3 is 0 Å². The minimum Gasteiger partial charge on any atom is -0.495 e. The molecule has 4 heteroatoms. The second-order valence-corrected chi connectivity index (χ2v) is 3.10. The molecule has 0 saturated carbocycles. The second-order valence-electron chi connectivity index (χ2n) is 2.70. The van der Waals surface area contributed by atoms with Crippen molar-refractivity contribution in [2.24, 2.45) is 0 Å². The Kier molecular flexibility index (Phi) is 4.20. The van der Waals surface area contributed by atoms with Crippen molar-refractivity contribution in [2.75, 3.05) is 21.3 Å². The normalized spacial score (nSPS) is 10.6. The molecular formula is C10H13ClO3. The van der Waals surface area contributed by atoms with Gasteiger partial charge in [-0.15, -0.1) is 0 Å². The summed E-state index contributed by atoms with van der Waals surface area (Å²) < 4.78 is 15.3. The fraction of sp³-hybridized carbons (Fsp3) is 0.400. The summed E-state index contributed by atoms with van der Waals surface area (Å²) in [6.45, 7) is 0. The van der Waals surface area contributed by atoms with Gasteiger partial charge in [-0.3, -0.25) is 0 Å². The van der Waals surface area contributed by atoms with Crippen LogP contribution < -0.4 is 4.74 Å². The van der Waals surface area contributed by atoms with Crippen molar-refractivity contribution in [3.05, 3.63) is 28.8 Å². The van der Waals surface area contributed by atoms with Crippen LogP contribution in [0.2, 0.25) is 5.02 Å². The molecule has 0 unspecified atom stereocenters. The number of rotatable bonds is 4. The third-order valence-corrected chi connectivity index (χ3v) is 2.19. The predicted octanol–water partition coefficient (Wildman–Crippen LogP) is 2.64. The lowest BCUT2D eigenvalue weighted by molar-refractivity contribution is -0.106. The Morgan fingerprint density at radius 3 is 2.29 bits per heavy atom. The maximum atomic E-state index is 5.88. The lowest BCUT2D eigenvalue weighted by Gasteiger charge is -2.14. The molecule has 0 spiro atoms.